The molecule has 3 aromatic rings. The molecule has 1 fully saturated rings. The zero-order valence-corrected chi connectivity index (χ0v) is 19.1. The molecule has 4 rings (SSSR count). The molecular formula is C23H32N6O3. The van der Waals surface area contributed by atoms with Gasteiger partial charge in [-0.1, -0.05) is 25.5 Å². The summed E-state index contributed by atoms with van der Waals surface area (Å²) in [7, 11) is 3.71. The van der Waals surface area contributed by atoms with Crippen molar-refractivity contribution in [2.75, 3.05) is 51.4 Å². The molecule has 1 N–H and O–H groups in total. The molecule has 0 aliphatic carbocycles. The van der Waals surface area contributed by atoms with E-state index < -0.39 is 0 Å². The minimum absolute atomic E-state index is 0.172. The maximum atomic E-state index is 12.7. The zero-order valence-electron chi connectivity index (χ0n) is 19.1. The average molecular weight is 441 g/mol. The van der Waals surface area contributed by atoms with Crippen molar-refractivity contribution >= 4 is 17.0 Å². The van der Waals surface area contributed by atoms with E-state index in [1.54, 1.807) is 11.7 Å². The lowest BCUT2D eigenvalue weighted by Crippen LogP contribution is -2.38. The maximum absolute atomic E-state index is 12.7. The van der Waals surface area contributed by atoms with Crippen LogP contribution in [0.15, 0.2) is 29.1 Å². The molecule has 0 amide bonds. The van der Waals surface area contributed by atoms with E-state index in [0.717, 1.165) is 62.7 Å². The Kier molecular flexibility index (Phi) is 7.06. The Hall–Kier alpha value is -2.91. The number of aromatic amines is 1. The number of aromatic nitrogens is 4. The molecule has 1 saturated heterocycles. The summed E-state index contributed by atoms with van der Waals surface area (Å²) in [5, 5.41) is 4.49. The Morgan fingerprint density at radius 3 is 2.88 bits per heavy atom. The quantitative estimate of drug-likeness (QED) is 0.544. The zero-order chi connectivity index (χ0) is 22.5. The number of rotatable bonds is 9. The molecule has 2 aromatic heterocycles. The van der Waals surface area contributed by atoms with Crippen LogP contribution in [0.4, 0.5) is 5.95 Å². The number of aryl methyl sites for hydroxylation is 2. The molecule has 32 heavy (non-hydrogen) atoms. The van der Waals surface area contributed by atoms with Crippen LogP contribution < -0.4 is 15.2 Å². The van der Waals surface area contributed by atoms with Gasteiger partial charge in [0, 0.05) is 40.3 Å². The number of hydrogen-bond donors (Lipinski definition) is 1. The number of anilines is 1. The number of benzene rings is 1. The van der Waals surface area contributed by atoms with E-state index in [9.17, 15) is 4.79 Å². The second-order valence-corrected chi connectivity index (χ2v) is 8.21. The third-order valence-corrected chi connectivity index (χ3v) is 5.70. The highest BCUT2D eigenvalue weighted by atomic mass is 16.5. The highest BCUT2D eigenvalue weighted by Gasteiger charge is 2.16. The Labute approximate surface area is 187 Å². The minimum atomic E-state index is -0.172. The van der Waals surface area contributed by atoms with Crippen molar-refractivity contribution in [2.24, 2.45) is 7.05 Å². The summed E-state index contributed by atoms with van der Waals surface area (Å²) in [5.74, 6) is 1.38. The lowest BCUT2D eigenvalue weighted by molar-refractivity contribution is 0.0322. The van der Waals surface area contributed by atoms with Crippen LogP contribution in [0.5, 0.6) is 5.75 Å². The molecule has 0 spiro atoms. The van der Waals surface area contributed by atoms with Gasteiger partial charge in [-0.05, 0) is 24.1 Å². The van der Waals surface area contributed by atoms with Gasteiger partial charge in [0.05, 0.1) is 18.9 Å². The normalized spacial score (nSPS) is 14.7. The highest BCUT2D eigenvalue weighted by Crippen LogP contribution is 2.19. The van der Waals surface area contributed by atoms with Crippen LogP contribution in [0.1, 0.15) is 24.6 Å². The van der Waals surface area contributed by atoms with E-state index >= 15 is 0 Å². The largest absolute Gasteiger partial charge is 0.492 e. The SMILES string of the molecule is CCCc1nn(C)c2c(=O)[nH]c(N(C)Cc3cccc(OCCN4CCOCC4)c3)nc12. The lowest BCUT2D eigenvalue weighted by Gasteiger charge is -2.26. The summed E-state index contributed by atoms with van der Waals surface area (Å²) in [5.41, 5.74) is 2.97. The molecule has 0 radical (unpaired) electrons. The summed E-state index contributed by atoms with van der Waals surface area (Å²) >= 11 is 0. The number of nitrogens with one attached hydrogen (secondary N) is 1. The molecule has 1 aromatic carbocycles. The fourth-order valence-electron chi connectivity index (χ4n) is 4.02. The van der Waals surface area contributed by atoms with Crippen molar-refractivity contribution in [3.63, 3.8) is 0 Å². The molecule has 1 aliphatic heterocycles. The van der Waals surface area contributed by atoms with Gasteiger partial charge in [-0.25, -0.2) is 4.98 Å². The van der Waals surface area contributed by atoms with Gasteiger partial charge in [-0.3, -0.25) is 19.4 Å². The molecule has 0 atom stereocenters. The van der Waals surface area contributed by atoms with E-state index in [1.165, 1.54) is 0 Å². The van der Waals surface area contributed by atoms with Gasteiger partial charge in [0.15, 0.2) is 5.52 Å². The van der Waals surface area contributed by atoms with E-state index in [1.807, 2.05) is 30.1 Å². The van der Waals surface area contributed by atoms with E-state index in [4.69, 9.17) is 14.5 Å². The van der Waals surface area contributed by atoms with Gasteiger partial charge in [-0.2, -0.15) is 5.10 Å². The molecule has 9 heteroatoms. The fraction of sp³-hybridized carbons (Fsp3) is 0.522. The van der Waals surface area contributed by atoms with E-state index in [0.29, 0.717) is 30.1 Å². The van der Waals surface area contributed by atoms with E-state index in [2.05, 4.69) is 28.0 Å². The average Bonchev–Trinajstić information content (AvgIpc) is 3.11. The monoisotopic (exact) mass is 440 g/mol. The molecule has 0 bridgehead atoms. The molecule has 0 saturated carbocycles. The number of fused-ring (bicyclic) bond motifs is 1. The van der Waals surface area contributed by atoms with Gasteiger partial charge in [0.1, 0.15) is 17.9 Å². The van der Waals surface area contributed by atoms with Crippen LogP contribution in [0.25, 0.3) is 11.0 Å². The standard InChI is InChI=1S/C23H32N6O3/c1-4-6-19-20-21(28(3)26-19)22(30)25-23(24-20)27(2)16-17-7-5-8-18(15-17)32-14-11-29-9-12-31-13-10-29/h5,7-8,15H,4,6,9-14,16H2,1-3H3,(H,24,25,30). The van der Waals surface area contributed by atoms with Crippen molar-refractivity contribution in [2.45, 2.75) is 26.3 Å². The van der Waals surface area contributed by atoms with Gasteiger partial charge in [0.2, 0.25) is 5.95 Å². The fourth-order valence-corrected chi connectivity index (χ4v) is 4.02. The van der Waals surface area contributed by atoms with Crippen LogP contribution in [0.2, 0.25) is 0 Å². The summed E-state index contributed by atoms with van der Waals surface area (Å²) < 4.78 is 13.0. The summed E-state index contributed by atoms with van der Waals surface area (Å²) in [4.78, 5) is 24.6. The van der Waals surface area contributed by atoms with Crippen molar-refractivity contribution in [1.29, 1.82) is 0 Å². The number of nitrogens with zero attached hydrogens (tertiary/aromatic N) is 5. The third-order valence-electron chi connectivity index (χ3n) is 5.70. The lowest BCUT2D eigenvalue weighted by atomic mass is 10.2. The maximum Gasteiger partial charge on any atom is 0.278 e. The minimum Gasteiger partial charge on any atom is -0.492 e. The van der Waals surface area contributed by atoms with Crippen LogP contribution in [0.3, 0.4) is 0 Å². The molecule has 3 heterocycles. The predicted molar refractivity (Wildman–Crippen MR) is 124 cm³/mol. The number of morpholine rings is 1. The van der Waals surface area contributed by atoms with Crippen LogP contribution >= 0.6 is 0 Å². The molecule has 0 unspecified atom stereocenters. The first-order valence-corrected chi connectivity index (χ1v) is 11.2. The summed E-state index contributed by atoms with van der Waals surface area (Å²) in [6.07, 6.45) is 1.74. The first-order valence-electron chi connectivity index (χ1n) is 11.2. The summed E-state index contributed by atoms with van der Waals surface area (Å²) in [6, 6.07) is 8.06. The Bertz CT molecular complexity index is 1100. The van der Waals surface area contributed by atoms with Crippen molar-refractivity contribution < 1.29 is 9.47 Å². The Morgan fingerprint density at radius 2 is 2.09 bits per heavy atom. The highest BCUT2D eigenvalue weighted by molar-refractivity contribution is 5.77. The van der Waals surface area contributed by atoms with Crippen molar-refractivity contribution in [3.05, 3.63) is 45.9 Å². The number of H-pyrrole nitrogens is 1. The molecular weight excluding hydrogens is 408 g/mol. The summed E-state index contributed by atoms with van der Waals surface area (Å²) in [6.45, 7) is 7.73. The third kappa shape index (κ3) is 5.11. The first kappa shape index (κ1) is 22.3. The van der Waals surface area contributed by atoms with Gasteiger partial charge >= 0.3 is 0 Å². The van der Waals surface area contributed by atoms with Gasteiger partial charge < -0.3 is 14.4 Å². The van der Waals surface area contributed by atoms with Gasteiger partial charge in [-0.15, -0.1) is 0 Å². The van der Waals surface area contributed by atoms with E-state index in [-0.39, 0.29) is 5.56 Å². The molecule has 9 nitrogen and oxygen atoms in total. The Balaban J connectivity index is 1.43. The van der Waals surface area contributed by atoms with Crippen LogP contribution in [-0.2, 0) is 24.8 Å². The van der Waals surface area contributed by atoms with Crippen LogP contribution in [0, 0.1) is 0 Å². The smallest absolute Gasteiger partial charge is 0.278 e. The van der Waals surface area contributed by atoms with Crippen molar-refractivity contribution in [1.82, 2.24) is 24.6 Å². The topological polar surface area (TPSA) is 88.5 Å². The predicted octanol–water partition coefficient (Wildman–Crippen LogP) is 1.96. The second-order valence-electron chi connectivity index (χ2n) is 8.21. The van der Waals surface area contributed by atoms with Crippen LogP contribution in [-0.4, -0.2) is 71.2 Å². The number of ether oxygens (including phenoxy) is 2. The first-order chi connectivity index (χ1) is 15.5. The second kappa shape index (κ2) is 10.1. The molecule has 172 valence electrons. The Morgan fingerprint density at radius 1 is 1.28 bits per heavy atom. The van der Waals surface area contributed by atoms with Gasteiger partial charge in [0.25, 0.3) is 5.56 Å². The molecule has 1 aliphatic rings. The van der Waals surface area contributed by atoms with Crippen molar-refractivity contribution in [3.8, 4) is 5.75 Å². The number of hydrogen-bond acceptors (Lipinski definition) is 7.